The van der Waals surface area contributed by atoms with Crippen molar-refractivity contribution in [1.82, 2.24) is 4.98 Å². The van der Waals surface area contributed by atoms with Gasteiger partial charge in [0, 0.05) is 16.5 Å². The molecule has 0 aliphatic heterocycles. The number of nitrogens with zero attached hydrogens (tertiary/aromatic N) is 1. The molecule has 1 aromatic heterocycles. The Labute approximate surface area is 147 Å². The van der Waals surface area contributed by atoms with E-state index in [9.17, 15) is 0 Å². The Balaban J connectivity index is 2.12. The fourth-order valence-electron chi connectivity index (χ4n) is 2.00. The average molecular weight is 373 g/mol. The molecule has 0 atom stereocenters. The highest BCUT2D eigenvalue weighted by Gasteiger charge is 2.26. The number of rotatable bonds is 2. The van der Waals surface area contributed by atoms with Crippen molar-refractivity contribution in [3.05, 3.63) is 65.3 Å². The molecule has 2 nitrogen and oxygen atoms in total. The highest BCUT2D eigenvalue weighted by atomic mass is 35.6. The van der Waals surface area contributed by atoms with E-state index in [2.05, 4.69) is 4.98 Å². The van der Waals surface area contributed by atoms with Crippen LogP contribution in [0.4, 0.5) is 0 Å². The van der Waals surface area contributed by atoms with Gasteiger partial charge in [0.25, 0.3) is 0 Å². The van der Waals surface area contributed by atoms with E-state index in [1.165, 1.54) is 0 Å². The van der Waals surface area contributed by atoms with Gasteiger partial charge in [-0.25, -0.2) is 4.98 Å². The highest BCUT2D eigenvalue weighted by Crippen LogP contribution is 2.41. The lowest BCUT2D eigenvalue weighted by atomic mass is 10.2. The Morgan fingerprint density at radius 3 is 2.27 bits per heavy atom. The largest absolute Gasteiger partial charge is 0.457 e. The molecular formula is C16H9Cl4NO. The number of halogens is 4. The van der Waals surface area contributed by atoms with Crippen LogP contribution in [0.2, 0.25) is 5.02 Å². The topological polar surface area (TPSA) is 22.1 Å². The summed E-state index contributed by atoms with van der Waals surface area (Å²) in [5.41, 5.74) is 0.996. The molecule has 0 aliphatic carbocycles. The number of hydrogen-bond donors (Lipinski definition) is 0. The lowest BCUT2D eigenvalue weighted by Gasteiger charge is -2.15. The summed E-state index contributed by atoms with van der Waals surface area (Å²) < 4.78 is 4.29. The third-order valence-electron chi connectivity index (χ3n) is 3.01. The fourth-order valence-corrected chi connectivity index (χ4v) is 2.42. The molecule has 0 bridgehead atoms. The molecule has 0 unspecified atom stereocenters. The molecule has 112 valence electrons. The van der Waals surface area contributed by atoms with Crippen molar-refractivity contribution in [1.29, 1.82) is 0 Å². The first-order chi connectivity index (χ1) is 10.4. The van der Waals surface area contributed by atoms with Gasteiger partial charge in [0.2, 0.25) is 3.79 Å². The summed E-state index contributed by atoms with van der Waals surface area (Å²) in [6.45, 7) is 0. The smallest absolute Gasteiger partial charge is 0.232 e. The standard InChI is InChI=1S/C16H9Cl4NO/c17-10-5-7-11(8-6-10)22-14-9-15(16(18,19)20)21-13-4-2-1-3-12(13)14/h1-9H. The predicted molar refractivity (Wildman–Crippen MR) is 92.5 cm³/mol. The number of alkyl halides is 3. The van der Waals surface area contributed by atoms with E-state index >= 15 is 0 Å². The van der Waals surface area contributed by atoms with Crippen molar-refractivity contribution in [2.24, 2.45) is 0 Å². The maximum atomic E-state index is 5.95. The average Bonchev–Trinajstić information content (AvgIpc) is 2.48. The van der Waals surface area contributed by atoms with Crippen LogP contribution in [-0.4, -0.2) is 4.98 Å². The zero-order chi connectivity index (χ0) is 15.7. The Hall–Kier alpha value is -1.19. The van der Waals surface area contributed by atoms with Crippen molar-refractivity contribution in [3.63, 3.8) is 0 Å². The number of benzene rings is 2. The number of hydrogen-bond acceptors (Lipinski definition) is 2. The Bertz CT molecular complexity index is 812. The van der Waals surface area contributed by atoms with Gasteiger partial charge >= 0.3 is 0 Å². The quantitative estimate of drug-likeness (QED) is 0.478. The van der Waals surface area contributed by atoms with Gasteiger partial charge < -0.3 is 4.74 Å². The minimum absolute atomic E-state index is 0.306. The molecule has 0 saturated carbocycles. The van der Waals surface area contributed by atoms with Crippen molar-refractivity contribution in [2.75, 3.05) is 0 Å². The lowest BCUT2D eigenvalue weighted by Crippen LogP contribution is -2.04. The number of aromatic nitrogens is 1. The molecule has 0 fully saturated rings. The molecule has 0 saturated heterocycles. The number of ether oxygens (including phenoxy) is 1. The molecule has 1 heterocycles. The third kappa shape index (κ3) is 3.41. The summed E-state index contributed by atoms with van der Waals surface area (Å²) in [4.78, 5) is 4.37. The van der Waals surface area contributed by atoms with Crippen LogP contribution in [0.3, 0.4) is 0 Å². The monoisotopic (exact) mass is 371 g/mol. The molecule has 0 spiro atoms. The maximum absolute atomic E-state index is 5.95. The van der Waals surface area contributed by atoms with Crippen molar-refractivity contribution < 1.29 is 4.74 Å². The van der Waals surface area contributed by atoms with Gasteiger partial charge in [-0.05, 0) is 36.4 Å². The van der Waals surface area contributed by atoms with Crippen LogP contribution in [0.15, 0.2) is 54.6 Å². The van der Waals surface area contributed by atoms with Crippen molar-refractivity contribution in [2.45, 2.75) is 3.79 Å². The van der Waals surface area contributed by atoms with Crippen LogP contribution in [0.25, 0.3) is 10.9 Å². The molecule has 2 aromatic carbocycles. The first kappa shape index (κ1) is 15.7. The molecule has 0 radical (unpaired) electrons. The zero-order valence-electron chi connectivity index (χ0n) is 11.1. The maximum Gasteiger partial charge on any atom is 0.232 e. The molecule has 3 aromatic rings. The molecular weight excluding hydrogens is 364 g/mol. The van der Waals surface area contributed by atoms with Gasteiger partial charge in [-0.3, -0.25) is 0 Å². The van der Waals surface area contributed by atoms with E-state index < -0.39 is 3.79 Å². The molecule has 22 heavy (non-hydrogen) atoms. The lowest BCUT2D eigenvalue weighted by molar-refractivity contribution is 0.487. The van der Waals surface area contributed by atoms with E-state index in [1.54, 1.807) is 30.3 Å². The van der Waals surface area contributed by atoms with Gasteiger partial charge in [0.15, 0.2) is 0 Å². The van der Waals surface area contributed by atoms with Gasteiger partial charge in [-0.1, -0.05) is 58.5 Å². The predicted octanol–water partition coefficient (Wildman–Crippen LogP) is 6.51. The van der Waals surface area contributed by atoms with E-state index in [0.717, 1.165) is 5.39 Å². The molecule has 0 amide bonds. The summed E-state index contributed by atoms with van der Waals surface area (Å²) in [7, 11) is 0. The minimum Gasteiger partial charge on any atom is -0.457 e. The minimum atomic E-state index is -1.62. The van der Waals surface area contributed by atoms with E-state index in [1.807, 2.05) is 24.3 Å². The summed E-state index contributed by atoms with van der Waals surface area (Å²) in [5, 5.41) is 1.46. The number of fused-ring (bicyclic) bond motifs is 1. The summed E-state index contributed by atoms with van der Waals surface area (Å²) in [6, 6.07) is 16.2. The van der Waals surface area contributed by atoms with Crippen molar-refractivity contribution in [3.8, 4) is 11.5 Å². The Kier molecular flexibility index (Phi) is 4.37. The Morgan fingerprint density at radius 1 is 0.909 bits per heavy atom. The summed E-state index contributed by atoms with van der Waals surface area (Å²) >= 11 is 23.7. The SMILES string of the molecule is Clc1ccc(Oc2cc(C(Cl)(Cl)Cl)nc3ccccc23)cc1. The van der Waals surface area contributed by atoms with E-state index in [-0.39, 0.29) is 0 Å². The van der Waals surface area contributed by atoms with Gasteiger partial charge in [-0.2, -0.15) is 0 Å². The van der Waals surface area contributed by atoms with E-state index in [4.69, 9.17) is 51.1 Å². The number of para-hydroxylation sites is 1. The third-order valence-corrected chi connectivity index (χ3v) is 3.84. The second kappa shape index (κ2) is 6.13. The van der Waals surface area contributed by atoms with Gasteiger partial charge in [-0.15, -0.1) is 0 Å². The van der Waals surface area contributed by atoms with Crippen LogP contribution >= 0.6 is 46.4 Å². The van der Waals surface area contributed by atoms with Crippen LogP contribution in [-0.2, 0) is 3.79 Å². The second-order valence-electron chi connectivity index (χ2n) is 4.58. The number of pyridine rings is 1. The van der Waals surface area contributed by atoms with Gasteiger partial charge in [0.1, 0.15) is 11.5 Å². The van der Waals surface area contributed by atoms with Crippen LogP contribution in [0.1, 0.15) is 5.69 Å². The molecule has 3 rings (SSSR count). The second-order valence-corrected chi connectivity index (χ2v) is 7.29. The van der Waals surface area contributed by atoms with Crippen LogP contribution in [0.5, 0.6) is 11.5 Å². The summed E-state index contributed by atoms with van der Waals surface area (Å²) in [5.74, 6) is 1.20. The molecule has 6 heteroatoms. The first-order valence-electron chi connectivity index (χ1n) is 6.34. The van der Waals surface area contributed by atoms with Gasteiger partial charge in [0.05, 0.1) is 11.2 Å². The summed E-state index contributed by atoms with van der Waals surface area (Å²) in [6.07, 6.45) is 0. The highest BCUT2D eigenvalue weighted by molar-refractivity contribution is 6.66. The van der Waals surface area contributed by atoms with Crippen LogP contribution < -0.4 is 4.74 Å². The van der Waals surface area contributed by atoms with Crippen molar-refractivity contribution >= 4 is 57.3 Å². The normalized spacial score (nSPS) is 11.6. The van der Waals surface area contributed by atoms with Crippen LogP contribution in [0, 0.1) is 0 Å². The first-order valence-corrected chi connectivity index (χ1v) is 7.85. The molecule has 0 N–H and O–H groups in total. The molecule has 0 aliphatic rings. The fraction of sp³-hybridized carbons (Fsp3) is 0.0625. The Morgan fingerprint density at radius 2 is 1.59 bits per heavy atom. The zero-order valence-corrected chi connectivity index (χ0v) is 14.1. The van der Waals surface area contributed by atoms with E-state index in [0.29, 0.717) is 27.7 Å².